The van der Waals surface area contributed by atoms with Crippen molar-refractivity contribution in [1.82, 2.24) is 0 Å². The largest absolute Gasteiger partial charge is 0.488 e. The summed E-state index contributed by atoms with van der Waals surface area (Å²) >= 11 is 0. The van der Waals surface area contributed by atoms with Crippen LogP contribution in [-0.4, -0.2) is 84.9 Å². The molecule has 2 heterocycles. The fraction of sp³-hybridized carbons (Fsp3) is 0.632. The first-order valence-electron chi connectivity index (χ1n) is 9.54. The minimum Gasteiger partial charge on any atom is -0.488 e. The topological polar surface area (TPSA) is 62.9 Å². The lowest BCUT2D eigenvalue weighted by Gasteiger charge is -2.23. The van der Waals surface area contributed by atoms with Gasteiger partial charge in [0.05, 0.1) is 32.0 Å². The molecule has 0 atom stereocenters. The van der Waals surface area contributed by atoms with E-state index in [0.29, 0.717) is 18.8 Å². The molecule has 0 radical (unpaired) electrons. The zero-order chi connectivity index (χ0) is 18.0. The molecule has 1 aromatic rings. The highest BCUT2D eigenvalue weighted by Gasteiger charge is 2.15. The molecule has 3 rings (SSSR count). The van der Waals surface area contributed by atoms with Gasteiger partial charge in [-0.25, -0.2) is 4.79 Å². The molecular weight excluding hydrogens is 336 g/mol. The van der Waals surface area contributed by atoms with Crippen molar-refractivity contribution in [3.63, 3.8) is 0 Å². The van der Waals surface area contributed by atoms with E-state index in [1.165, 1.54) is 9.80 Å². The van der Waals surface area contributed by atoms with Crippen molar-refractivity contribution in [1.29, 1.82) is 0 Å². The lowest BCUT2D eigenvalue weighted by molar-refractivity contribution is -0.908. The summed E-state index contributed by atoms with van der Waals surface area (Å²) in [5, 5.41) is 0. The van der Waals surface area contributed by atoms with Crippen molar-refractivity contribution >= 4 is 5.97 Å². The molecule has 1 aromatic carbocycles. The van der Waals surface area contributed by atoms with Gasteiger partial charge in [-0.05, 0) is 24.3 Å². The van der Waals surface area contributed by atoms with E-state index >= 15 is 0 Å². The van der Waals surface area contributed by atoms with Gasteiger partial charge in [-0.2, -0.15) is 0 Å². The van der Waals surface area contributed by atoms with Crippen molar-refractivity contribution in [3.8, 4) is 5.75 Å². The van der Waals surface area contributed by atoms with Crippen LogP contribution in [0.25, 0.3) is 0 Å². The van der Waals surface area contributed by atoms with Crippen LogP contribution in [0.2, 0.25) is 0 Å². The monoisotopic (exact) mass is 366 g/mol. The summed E-state index contributed by atoms with van der Waals surface area (Å²) in [5.74, 6) is 0.508. The van der Waals surface area contributed by atoms with Crippen LogP contribution in [0, 0.1) is 0 Å². The summed E-state index contributed by atoms with van der Waals surface area (Å²) < 4.78 is 21.8. The maximum atomic E-state index is 12.1. The predicted molar refractivity (Wildman–Crippen MR) is 95.0 cm³/mol. The van der Waals surface area contributed by atoms with E-state index in [1.807, 2.05) is 12.1 Å². The van der Waals surface area contributed by atoms with Crippen LogP contribution < -0.4 is 14.5 Å². The number of quaternary nitrogens is 2. The van der Waals surface area contributed by atoms with Crippen LogP contribution in [0.4, 0.5) is 0 Å². The SMILES string of the molecule is O=C(OCC[NH+]1CCOCC1)c1ccc(OCC[NH+]2CCOCC2)cc1. The number of hydrogen-bond donors (Lipinski definition) is 2. The fourth-order valence-electron chi connectivity index (χ4n) is 3.19. The number of nitrogens with one attached hydrogen (secondary N) is 2. The summed E-state index contributed by atoms with van der Waals surface area (Å²) in [5.41, 5.74) is 0.563. The van der Waals surface area contributed by atoms with E-state index < -0.39 is 0 Å². The Morgan fingerprint density at radius 1 is 0.846 bits per heavy atom. The van der Waals surface area contributed by atoms with Gasteiger partial charge in [0.15, 0.2) is 0 Å². The molecule has 0 saturated carbocycles. The molecule has 2 saturated heterocycles. The van der Waals surface area contributed by atoms with Crippen molar-refractivity contribution < 1.29 is 33.5 Å². The molecule has 0 aromatic heterocycles. The van der Waals surface area contributed by atoms with Gasteiger partial charge in [-0.3, -0.25) is 0 Å². The number of hydrogen-bond acceptors (Lipinski definition) is 5. The molecule has 0 aliphatic carbocycles. The number of rotatable bonds is 8. The Hall–Kier alpha value is -1.67. The molecule has 0 amide bonds. The first-order valence-corrected chi connectivity index (χ1v) is 9.54. The highest BCUT2D eigenvalue weighted by atomic mass is 16.5. The average molecular weight is 366 g/mol. The molecule has 2 fully saturated rings. The summed E-state index contributed by atoms with van der Waals surface area (Å²) in [6, 6.07) is 7.19. The Balaban J connectivity index is 1.34. The molecule has 144 valence electrons. The number of carbonyl (C=O) groups excluding carboxylic acids is 1. The van der Waals surface area contributed by atoms with Gasteiger partial charge >= 0.3 is 5.97 Å². The maximum Gasteiger partial charge on any atom is 0.338 e. The average Bonchev–Trinajstić information content (AvgIpc) is 2.70. The summed E-state index contributed by atoms with van der Waals surface area (Å²) in [4.78, 5) is 15.0. The van der Waals surface area contributed by atoms with Gasteiger partial charge in [0, 0.05) is 0 Å². The Bertz CT molecular complexity index is 539. The van der Waals surface area contributed by atoms with Crippen LogP contribution in [0.3, 0.4) is 0 Å². The molecule has 7 nitrogen and oxygen atoms in total. The van der Waals surface area contributed by atoms with Gasteiger partial charge in [-0.15, -0.1) is 0 Å². The minimum absolute atomic E-state index is 0.276. The van der Waals surface area contributed by atoms with Crippen molar-refractivity contribution in [3.05, 3.63) is 29.8 Å². The van der Waals surface area contributed by atoms with E-state index in [-0.39, 0.29) is 5.97 Å². The van der Waals surface area contributed by atoms with Crippen molar-refractivity contribution in [2.75, 3.05) is 78.9 Å². The van der Waals surface area contributed by atoms with Crippen molar-refractivity contribution in [2.24, 2.45) is 0 Å². The zero-order valence-corrected chi connectivity index (χ0v) is 15.3. The number of benzene rings is 1. The highest BCUT2D eigenvalue weighted by molar-refractivity contribution is 5.89. The highest BCUT2D eigenvalue weighted by Crippen LogP contribution is 2.12. The standard InChI is InChI=1S/C19H28N2O5/c22-19(26-16-10-21-7-13-24-14-8-21)17-1-3-18(4-2-17)25-15-9-20-5-11-23-12-6-20/h1-4H,5-16H2/p+2. The van der Waals surface area contributed by atoms with Crippen LogP contribution in [0.1, 0.15) is 10.4 Å². The number of morpholine rings is 2. The second-order valence-electron chi connectivity index (χ2n) is 6.73. The van der Waals surface area contributed by atoms with Gasteiger partial charge in [-0.1, -0.05) is 0 Å². The number of esters is 1. The minimum atomic E-state index is -0.276. The molecule has 2 N–H and O–H groups in total. The summed E-state index contributed by atoms with van der Waals surface area (Å²) in [7, 11) is 0. The molecule has 0 unspecified atom stereocenters. The normalized spacial score (nSPS) is 19.2. The Labute approximate surface area is 154 Å². The van der Waals surface area contributed by atoms with E-state index in [4.69, 9.17) is 18.9 Å². The lowest BCUT2D eigenvalue weighted by Crippen LogP contribution is -3.14. The first kappa shape index (κ1) is 19.1. The van der Waals surface area contributed by atoms with Crippen LogP contribution in [0.15, 0.2) is 24.3 Å². The third kappa shape index (κ3) is 6.25. The molecular formula is C19H30N2O5+2. The predicted octanol–water partition coefficient (Wildman–Crippen LogP) is -1.95. The fourth-order valence-corrected chi connectivity index (χ4v) is 3.19. The summed E-state index contributed by atoms with van der Waals surface area (Å²) in [6.45, 7) is 10.2. The van der Waals surface area contributed by atoms with E-state index in [0.717, 1.165) is 71.4 Å². The second-order valence-corrected chi connectivity index (χ2v) is 6.73. The molecule has 2 aliphatic rings. The Kier molecular flexibility index (Phi) is 7.69. The molecule has 0 bridgehead atoms. The molecule has 26 heavy (non-hydrogen) atoms. The maximum absolute atomic E-state index is 12.1. The number of ether oxygens (including phenoxy) is 4. The van der Waals surface area contributed by atoms with Crippen LogP contribution >= 0.6 is 0 Å². The smallest absolute Gasteiger partial charge is 0.338 e. The third-order valence-corrected chi connectivity index (χ3v) is 4.90. The molecule has 0 spiro atoms. The quantitative estimate of drug-likeness (QED) is 0.524. The molecule has 7 heteroatoms. The second kappa shape index (κ2) is 10.5. The zero-order valence-electron chi connectivity index (χ0n) is 15.3. The van der Waals surface area contributed by atoms with Crippen LogP contribution in [0.5, 0.6) is 5.75 Å². The van der Waals surface area contributed by atoms with Crippen LogP contribution in [-0.2, 0) is 14.2 Å². The Morgan fingerprint density at radius 3 is 1.96 bits per heavy atom. The van der Waals surface area contributed by atoms with E-state index in [1.54, 1.807) is 12.1 Å². The molecule has 2 aliphatic heterocycles. The van der Waals surface area contributed by atoms with Gasteiger partial charge in [0.25, 0.3) is 0 Å². The third-order valence-electron chi connectivity index (χ3n) is 4.90. The Morgan fingerprint density at radius 2 is 1.38 bits per heavy atom. The van der Waals surface area contributed by atoms with E-state index in [9.17, 15) is 4.79 Å². The lowest BCUT2D eigenvalue weighted by atomic mass is 10.2. The van der Waals surface area contributed by atoms with Gasteiger partial charge < -0.3 is 28.7 Å². The number of carbonyl (C=O) groups is 1. The first-order chi connectivity index (χ1) is 12.8. The van der Waals surface area contributed by atoms with Crippen molar-refractivity contribution in [2.45, 2.75) is 0 Å². The summed E-state index contributed by atoms with van der Waals surface area (Å²) in [6.07, 6.45) is 0. The van der Waals surface area contributed by atoms with E-state index in [2.05, 4.69) is 0 Å². The van der Waals surface area contributed by atoms with Gasteiger partial charge in [0.2, 0.25) is 0 Å². The van der Waals surface area contributed by atoms with Gasteiger partial charge in [0.1, 0.15) is 58.2 Å².